The second kappa shape index (κ2) is 5.32. The summed E-state index contributed by atoms with van der Waals surface area (Å²) >= 11 is 0. The van der Waals surface area contributed by atoms with Gasteiger partial charge in [0.25, 0.3) is 0 Å². The maximum atomic E-state index is 10.4. The molecule has 4 nitrogen and oxygen atoms in total. The van der Waals surface area contributed by atoms with Crippen molar-refractivity contribution in [3.63, 3.8) is 0 Å². The number of nitrogens with two attached hydrogens (primary N) is 1. The zero-order valence-corrected chi connectivity index (χ0v) is 8.59. The molecular weight excluding hydrogens is 180 g/mol. The van der Waals surface area contributed by atoms with Crippen LogP contribution in [-0.2, 0) is 4.79 Å². The van der Waals surface area contributed by atoms with Crippen molar-refractivity contribution < 1.29 is 9.90 Å². The summed E-state index contributed by atoms with van der Waals surface area (Å²) in [4.78, 5) is 10.4. The Morgan fingerprint density at radius 2 is 2.00 bits per heavy atom. The van der Waals surface area contributed by atoms with Gasteiger partial charge in [-0.3, -0.25) is 4.79 Å². The number of hydrogen-bond donors (Lipinski definition) is 3. The number of hydrogen-bond acceptors (Lipinski definition) is 3. The van der Waals surface area contributed by atoms with E-state index in [0.717, 1.165) is 25.7 Å². The molecule has 0 spiro atoms. The van der Waals surface area contributed by atoms with Crippen LogP contribution in [0.1, 0.15) is 38.5 Å². The van der Waals surface area contributed by atoms with Gasteiger partial charge in [-0.2, -0.15) is 0 Å². The predicted octanol–water partition coefficient (Wildman–Crippen LogP) is 0.147. The summed E-state index contributed by atoms with van der Waals surface area (Å²) in [6, 6.07) is 0. The number of amides is 1. The molecule has 82 valence electrons. The molecule has 4 N–H and O–H groups in total. The lowest BCUT2D eigenvalue weighted by Gasteiger charge is -2.32. The van der Waals surface area contributed by atoms with Crippen LogP contribution in [0, 0.1) is 0 Å². The second-order valence-corrected chi connectivity index (χ2v) is 4.18. The van der Waals surface area contributed by atoms with Gasteiger partial charge in [-0.1, -0.05) is 19.3 Å². The van der Waals surface area contributed by atoms with E-state index in [0.29, 0.717) is 19.5 Å². The Balaban J connectivity index is 2.12. The van der Waals surface area contributed by atoms with E-state index in [9.17, 15) is 9.90 Å². The van der Waals surface area contributed by atoms with Gasteiger partial charge in [-0.05, 0) is 12.8 Å². The van der Waals surface area contributed by atoms with Crippen molar-refractivity contribution in [1.29, 1.82) is 0 Å². The van der Waals surface area contributed by atoms with Crippen LogP contribution in [0.5, 0.6) is 0 Å². The molecular formula is C10H20N2O2. The molecule has 0 aromatic rings. The highest BCUT2D eigenvalue weighted by atomic mass is 16.3. The van der Waals surface area contributed by atoms with Gasteiger partial charge in [0, 0.05) is 19.5 Å². The Bertz CT molecular complexity index is 189. The minimum Gasteiger partial charge on any atom is -0.389 e. The first-order valence-corrected chi connectivity index (χ1v) is 5.34. The molecule has 0 heterocycles. The largest absolute Gasteiger partial charge is 0.389 e. The summed E-state index contributed by atoms with van der Waals surface area (Å²) < 4.78 is 0. The lowest BCUT2D eigenvalue weighted by molar-refractivity contribution is -0.118. The summed E-state index contributed by atoms with van der Waals surface area (Å²) in [6.07, 6.45) is 5.52. The third-order valence-electron chi connectivity index (χ3n) is 2.79. The van der Waals surface area contributed by atoms with Gasteiger partial charge in [-0.15, -0.1) is 0 Å². The van der Waals surface area contributed by atoms with Gasteiger partial charge in [-0.25, -0.2) is 0 Å². The van der Waals surface area contributed by atoms with Gasteiger partial charge in [0.15, 0.2) is 0 Å². The van der Waals surface area contributed by atoms with Crippen molar-refractivity contribution in [2.24, 2.45) is 5.73 Å². The molecule has 1 saturated carbocycles. The summed E-state index contributed by atoms with van der Waals surface area (Å²) in [5.41, 5.74) is 4.46. The minimum absolute atomic E-state index is 0.298. The molecule has 1 aliphatic carbocycles. The van der Waals surface area contributed by atoms with Crippen LogP contribution in [0.25, 0.3) is 0 Å². The van der Waals surface area contributed by atoms with Gasteiger partial charge in [0.05, 0.1) is 5.60 Å². The summed E-state index contributed by atoms with van der Waals surface area (Å²) in [7, 11) is 0. The maximum Gasteiger partial charge on any atom is 0.218 e. The van der Waals surface area contributed by atoms with Gasteiger partial charge < -0.3 is 16.2 Å². The lowest BCUT2D eigenvalue weighted by Crippen LogP contribution is -2.42. The van der Waals surface area contributed by atoms with Crippen molar-refractivity contribution >= 4 is 5.91 Å². The average Bonchev–Trinajstić information content (AvgIpc) is 2.14. The first kappa shape index (κ1) is 11.5. The highest BCUT2D eigenvalue weighted by Crippen LogP contribution is 2.27. The monoisotopic (exact) mass is 200 g/mol. The van der Waals surface area contributed by atoms with E-state index in [1.54, 1.807) is 0 Å². The second-order valence-electron chi connectivity index (χ2n) is 4.18. The van der Waals surface area contributed by atoms with Crippen LogP contribution < -0.4 is 11.1 Å². The minimum atomic E-state index is -0.546. The number of rotatable bonds is 5. The highest BCUT2D eigenvalue weighted by Gasteiger charge is 2.28. The normalized spacial score (nSPS) is 20.6. The first-order valence-electron chi connectivity index (χ1n) is 5.34. The fourth-order valence-electron chi connectivity index (χ4n) is 1.92. The maximum absolute atomic E-state index is 10.4. The first-order chi connectivity index (χ1) is 6.62. The zero-order chi connectivity index (χ0) is 10.4. The predicted molar refractivity (Wildman–Crippen MR) is 54.7 cm³/mol. The molecule has 14 heavy (non-hydrogen) atoms. The molecule has 0 atom stereocenters. The van der Waals surface area contributed by atoms with E-state index in [1.165, 1.54) is 6.42 Å². The molecule has 0 aliphatic heterocycles. The third-order valence-corrected chi connectivity index (χ3v) is 2.79. The summed E-state index contributed by atoms with van der Waals surface area (Å²) in [5.74, 6) is -0.298. The quantitative estimate of drug-likeness (QED) is 0.553. The molecule has 1 amide bonds. The van der Waals surface area contributed by atoms with Crippen LogP contribution in [0.15, 0.2) is 0 Å². The average molecular weight is 200 g/mol. The van der Waals surface area contributed by atoms with Crippen LogP contribution >= 0.6 is 0 Å². The molecule has 0 saturated heterocycles. The standard InChI is InChI=1S/C10H20N2O2/c11-9(13)4-7-12-8-10(14)5-2-1-3-6-10/h12,14H,1-8H2,(H2,11,13). The van der Waals surface area contributed by atoms with Gasteiger partial charge in [0.1, 0.15) is 0 Å². The van der Waals surface area contributed by atoms with E-state index < -0.39 is 5.60 Å². The van der Waals surface area contributed by atoms with Crippen LogP contribution in [0.4, 0.5) is 0 Å². The van der Waals surface area contributed by atoms with E-state index >= 15 is 0 Å². The highest BCUT2D eigenvalue weighted by molar-refractivity contribution is 5.73. The van der Waals surface area contributed by atoms with E-state index in [2.05, 4.69) is 5.32 Å². The molecule has 0 bridgehead atoms. The molecule has 1 fully saturated rings. The molecule has 0 aromatic carbocycles. The Morgan fingerprint density at radius 1 is 1.36 bits per heavy atom. The zero-order valence-electron chi connectivity index (χ0n) is 8.59. The van der Waals surface area contributed by atoms with Crippen molar-refractivity contribution in [2.75, 3.05) is 13.1 Å². The SMILES string of the molecule is NC(=O)CCNCC1(O)CCCCC1. The molecule has 0 unspecified atom stereocenters. The van der Waals surface area contributed by atoms with Crippen molar-refractivity contribution in [1.82, 2.24) is 5.32 Å². The number of aliphatic hydroxyl groups is 1. The third kappa shape index (κ3) is 4.07. The molecule has 1 aliphatic rings. The van der Waals surface area contributed by atoms with Gasteiger partial charge >= 0.3 is 0 Å². The smallest absolute Gasteiger partial charge is 0.218 e. The van der Waals surface area contributed by atoms with Crippen LogP contribution in [0.2, 0.25) is 0 Å². The van der Waals surface area contributed by atoms with Crippen molar-refractivity contribution in [3.05, 3.63) is 0 Å². The summed E-state index contributed by atoms with van der Waals surface area (Å²) in [5, 5.41) is 13.1. The van der Waals surface area contributed by atoms with Gasteiger partial charge in [0.2, 0.25) is 5.91 Å². The van der Waals surface area contributed by atoms with Crippen LogP contribution in [-0.4, -0.2) is 29.7 Å². The van der Waals surface area contributed by atoms with Crippen LogP contribution in [0.3, 0.4) is 0 Å². The fourth-order valence-corrected chi connectivity index (χ4v) is 1.92. The Morgan fingerprint density at radius 3 is 2.57 bits per heavy atom. The molecule has 4 heteroatoms. The molecule has 0 radical (unpaired) electrons. The van der Waals surface area contributed by atoms with E-state index in [4.69, 9.17) is 5.73 Å². The number of carbonyl (C=O) groups excluding carboxylic acids is 1. The number of primary amides is 1. The molecule has 0 aromatic heterocycles. The fraction of sp³-hybridized carbons (Fsp3) is 0.900. The lowest BCUT2D eigenvalue weighted by atomic mass is 9.85. The van der Waals surface area contributed by atoms with Crippen molar-refractivity contribution in [2.45, 2.75) is 44.1 Å². The Hall–Kier alpha value is -0.610. The van der Waals surface area contributed by atoms with E-state index in [1.807, 2.05) is 0 Å². The topological polar surface area (TPSA) is 75.4 Å². The number of carbonyl (C=O) groups is 1. The van der Waals surface area contributed by atoms with Crippen molar-refractivity contribution in [3.8, 4) is 0 Å². The molecule has 1 rings (SSSR count). The Kier molecular flexibility index (Phi) is 4.35. The number of nitrogens with one attached hydrogen (secondary N) is 1. The summed E-state index contributed by atoms with van der Waals surface area (Å²) in [6.45, 7) is 1.15. The Labute approximate surface area is 84.9 Å². The van der Waals surface area contributed by atoms with E-state index in [-0.39, 0.29) is 5.91 Å².